The van der Waals surface area contributed by atoms with Crippen molar-refractivity contribution < 1.29 is 31.2 Å². The zero-order valence-corrected chi connectivity index (χ0v) is 18.3. The molecule has 0 amide bonds. The molecule has 4 nitrogen and oxygen atoms in total. The number of halogens is 3. The second-order valence-electron chi connectivity index (χ2n) is 6.93. The van der Waals surface area contributed by atoms with E-state index in [0.717, 1.165) is 11.7 Å². The highest BCUT2D eigenvalue weighted by Crippen LogP contribution is 2.66. The lowest BCUT2D eigenvalue weighted by Gasteiger charge is -2.28. The molecule has 0 bridgehead atoms. The summed E-state index contributed by atoms with van der Waals surface area (Å²) < 4.78 is 58.9. The van der Waals surface area contributed by atoms with Gasteiger partial charge in [0.1, 0.15) is 0 Å². The Morgan fingerprint density at radius 2 is 1.26 bits per heavy atom. The van der Waals surface area contributed by atoms with Crippen molar-refractivity contribution in [3.63, 3.8) is 0 Å². The maximum Gasteiger partial charge on any atom is 0.485 e. The lowest BCUT2D eigenvalue weighted by atomic mass is 10.2. The van der Waals surface area contributed by atoms with Crippen LogP contribution in [0.1, 0.15) is 17.0 Å². The lowest BCUT2D eigenvalue weighted by Crippen LogP contribution is -2.21. The Balaban J connectivity index is 0.000000366. The minimum absolute atomic E-state index is 0.452. The van der Waals surface area contributed by atoms with Gasteiger partial charge in [-0.3, -0.25) is 0 Å². The highest BCUT2D eigenvalue weighted by atomic mass is 32.2. The fraction of sp³-hybridized carbons (Fsp3) is 0.182. The molecular weight excluding hydrogens is 448 g/mol. The van der Waals surface area contributed by atoms with E-state index in [1.807, 2.05) is 42.5 Å². The van der Waals surface area contributed by atoms with Crippen molar-refractivity contribution in [2.45, 2.75) is 17.5 Å². The van der Waals surface area contributed by atoms with Crippen LogP contribution < -0.4 is 5.30 Å². The van der Waals surface area contributed by atoms with E-state index in [0.29, 0.717) is 0 Å². The van der Waals surface area contributed by atoms with Crippen LogP contribution in [0.2, 0.25) is 0 Å². The number of rotatable bonds is 5. The summed E-state index contributed by atoms with van der Waals surface area (Å²) in [6.45, 7) is 2.26. The summed E-state index contributed by atoms with van der Waals surface area (Å²) >= 11 is 0. The second-order valence-corrected chi connectivity index (χ2v) is 12.2. The van der Waals surface area contributed by atoms with Crippen molar-refractivity contribution in [1.82, 2.24) is 0 Å². The van der Waals surface area contributed by atoms with E-state index in [4.69, 9.17) is 13.0 Å². The van der Waals surface area contributed by atoms with Crippen molar-refractivity contribution >= 4 is 22.7 Å². The first kappa shape index (κ1) is 25.0. The first-order valence-corrected chi connectivity index (χ1v) is 13.0. The third-order valence-electron chi connectivity index (χ3n) is 4.62. The lowest BCUT2D eigenvalue weighted by molar-refractivity contribution is -0.0517. The molecule has 0 aliphatic rings. The molecule has 1 N–H and O–H groups in total. The number of hydrogen-bond donors (Lipinski definition) is 1. The Hall–Kier alpha value is -2.25. The standard InChI is InChI=1S/C21H22OP.CHF3O3S/c1-23(20-15-9-4-10-16-20,17-18-11-5-2-6-12-18)21(22)19-13-7-3-8-14-19;2-1(3,4)8(5,6)7/h2-16,21-22H,17H2,1H3;(H,5,6,7)/q+1;/p-1. The molecule has 3 aromatic rings. The summed E-state index contributed by atoms with van der Waals surface area (Å²) in [4.78, 5) is 0. The predicted molar refractivity (Wildman–Crippen MR) is 116 cm³/mol. The third-order valence-corrected chi connectivity index (χ3v) is 9.07. The van der Waals surface area contributed by atoms with Gasteiger partial charge in [0.2, 0.25) is 0 Å². The summed E-state index contributed by atoms with van der Waals surface area (Å²) in [6, 6.07) is 31.0. The Kier molecular flexibility index (Phi) is 8.37. The smallest absolute Gasteiger partial charge is 0.485 e. The predicted octanol–water partition coefficient (Wildman–Crippen LogP) is 4.90. The molecule has 3 rings (SSSR count). The Morgan fingerprint density at radius 3 is 1.68 bits per heavy atom. The van der Waals surface area contributed by atoms with E-state index in [9.17, 15) is 18.3 Å². The third kappa shape index (κ3) is 6.87. The van der Waals surface area contributed by atoms with Gasteiger partial charge in [0.15, 0.2) is 16.0 Å². The summed E-state index contributed by atoms with van der Waals surface area (Å²) in [5, 5.41) is 12.5. The van der Waals surface area contributed by atoms with Crippen LogP contribution in [0.15, 0.2) is 91.0 Å². The van der Waals surface area contributed by atoms with Crippen LogP contribution in [0.4, 0.5) is 13.2 Å². The van der Waals surface area contributed by atoms with Gasteiger partial charge in [-0.15, -0.1) is 0 Å². The second kappa shape index (κ2) is 10.4. The topological polar surface area (TPSA) is 77.4 Å². The largest absolute Gasteiger partial charge is 0.741 e. The van der Waals surface area contributed by atoms with Gasteiger partial charge in [-0.2, -0.15) is 13.2 Å². The number of aliphatic hydroxyl groups is 1. The molecule has 0 aliphatic heterocycles. The quantitative estimate of drug-likeness (QED) is 0.327. The van der Waals surface area contributed by atoms with Crippen molar-refractivity contribution in [3.05, 3.63) is 102 Å². The Labute approximate surface area is 180 Å². The number of aliphatic hydroxyl groups excluding tert-OH is 1. The molecular formula is C22H22F3O4PS. The van der Waals surface area contributed by atoms with Gasteiger partial charge in [-0.25, -0.2) is 8.42 Å². The molecule has 166 valence electrons. The van der Waals surface area contributed by atoms with Crippen LogP contribution >= 0.6 is 7.26 Å². The van der Waals surface area contributed by atoms with Crippen LogP contribution in [0, 0.1) is 0 Å². The summed E-state index contributed by atoms with van der Waals surface area (Å²) in [5.74, 6) is -0.452. The molecule has 0 heterocycles. The molecule has 0 saturated heterocycles. The van der Waals surface area contributed by atoms with Gasteiger partial charge < -0.3 is 9.66 Å². The summed E-state index contributed by atoms with van der Waals surface area (Å²) in [5.41, 5.74) is -3.36. The summed E-state index contributed by atoms with van der Waals surface area (Å²) in [7, 11) is -7.89. The highest BCUT2D eigenvalue weighted by molar-refractivity contribution is 7.86. The van der Waals surface area contributed by atoms with Crippen molar-refractivity contribution in [2.75, 3.05) is 6.66 Å². The molecule has 0 aliphatic carbocycles. The van der Waals surface area contributed by atoms with Crippen molar-refractivity contribution in [3.8, 4) is 0 Å². The number of hydrogen-bond acceptors (Lipinski definition) is 4. The van der Waals surface area contributed by atoms with Gasteiger partial charge in [0.05, 0.1) is 25.4 Å². The molecule has 0 saturated carbocycles. The van der Waals surface area contributed by atoms with Gasteiger partial charge >= 0.3 is 5.51 Å². The first-order chi connectivity index (χ1) is 14.4. The molecule has 0 spiro atoms. The zero-order valence-electron chi connectivity index (χ0n) is 16.6. The molecule has 2 atom stereocenters. The van der Waals surface area contributed by atoms with Crippen molar-refractivity contribution in [2.24, 2.45) is 0 Å². The van der Waals surface area contributed by atoms with Crippen LogP contribution in [0.25, 0.3) is 0 Å². The number of alkyl halides is 3. The van der Waals surface area contributed by atoms with Gasteiger partial charge in [-0.05, 0) is 17.7 Å². The average molecular weight is 470 g/mol. The minimum atomic E-state index is -6.09. The van der Waals surface area contributed by atoms with Crippen molar-refractivity contribution in [1.29, 1.82) is 0 Å². The fourth-order valence-corrected chi connectivity index (χ4v) is 6.30. The van der Waals surface area contributed by atoms with E-state index in [1.165, 1.54) is 10.9 Å². The zero-order chi connectivity index (χ0) is 23.1. The maximum atomic E-state index is 11.2. The summed E-state index contributed by atoms with van der Waals surface area (Å²) in [6.07, 6.45) is 0.897. The molecule has 0 radical (unpaired) electrons. The maximum absolute atomic E-state index is 11.2. The molecule has 9 heteroatoms. The average Bonchev–Trinajstić information content (AvgIpc) is 2.74. The van der Waals surface area contributed by atoms with E-state index < -0.39 is 28.7 Å². The molecule has 31 heavy (non-hydrogen) atoms. The van der Waals surface area contributed by atoms with Crippen LogP contribution in [0.3, 0.4) is 0 Å². The van der Waals surface area contributed by atoms with Gasteiger partial charge in [0.25, 0.3) is 0 Å². The first-order valence-electron chi connectivity index (χ1n) is 9.15. The Bertz CT molecular complexity index is 1050. The molecule has 0 aromatic heterocycles. The molecule has 2 unspecified atom stereocenters. The molecule has 3 aromatic carbocycles. The van der Waals surface area contributed by atoms with E-state index in [2.05, 4.69) is 55.2 Å². The SMILES string of the molecule is C[P+](Cc1ccccc1)(c1ccccc1)C(O)c1ccccc1.O=S(=O)([O-])C(F)(F)F. The van der Waals surface area contributed by atoms with E-state index in [1.54, 1.807) is 0 Å². The van der Waals surface area contributed by atoms with Gasteiger partial charge in [-0.1, -0.05) is 78.9 Å². The molecule has 0 fully saturated rings. The Morgan fingerprint density at radius 1 is 0.871 bits per heavy atom. The fourth-order valence-electron chi connectivity index (χ4n) is 3.00. The van der Waals surface area contributed by atoms with E-state index in [-0.39, 0.29) is 0 Å². The van der Waals surface area contributed by atoms with E-state index >= 15 is 0 Å². The number of benzene rings is 3. The van der Waals surface area contributed by atoms with Gasteiger partial charge in [0, 0.05) is 5.56 Å². The minimum Gasteiger partial charge on any atom is -0.741 e. The van der Waals surface area contributed by atoms with Crippen LogP contribution in [0.5, 0.6) is 0 Å². The normalized spacial score (nSPS) is 14.6. The van der Waals surface area contributed by atoms with Crippen LogP contribution in [-0.4, -0.2) is 30.3 Å². The highest BCUT2D eigenvalue weighted by Gasteiger charge is 2.43. The monoisotopic (exact) mass is 470 g/mol. The van der Waals surface area contributed by atoms with Crippen LogP contribution in [-0.2, 0) is 16.3 Å².